The van der Waals surface area contributed by atoms with Crippen LogP contribution in [-0.2, 0) is 23.6 Å². The summed E-state index contributed by atoms with van der Waals surface area (Å²) in [5.74, 6) is -0.298. The highest BCUT2D eigenvalue weighted by molar-refractivity contribution is 7.92. The van der Waals surface area contributed by atoms with Crippen LogP contribution < -0.4 is 10.0 Å². The van der Waals surface area contributed by atoms with Gasteiger partial charge in [-0.2, -0.15) is 5.10 Å². The summed E-state index contributed by atoms with van der Waals surface area (Å²) >= 11 is 5.79. The Bertz CT molecular complexity index is 1040. The molecule has 0 saturated heterocycles. The molecule has 0 atom stereocenters. The topological polar surface area (TPSA) is 93.1 Å². The van der Waals surface area contributed by atoms with Crippen LogP contribution in [0.25, 0.3) is 0 Å². The summed E-state index contributed by atoms with van der Waals surface area (Å²) in [6.45, 7) is 0.338. The highest BCUT2D eigenvalue weighted by Crippen LogP contribution is 2.18. The van der Waals surface area contributed by atoms with Crippen molar-refractivity contribution in [2.75, 3.05) is 4.72 Å². The molecule has 1 amide bonds. The van der Waals surface area contributed by atoms with Crippen molar-refractivity contribution in [3.63, 3.8) is 0 Å². The van der Waals surface area contributed by atoms with E-state index in [4.69, 9.17) is 11.6 Å². The second-order valence-corrected chi connectivity index (χ2v) is 7.96. The highest BCUT2D eigenvalue weighted by Gasteiger charge is 2.15. The predicted molar refractivity (Wildman–Crippen MR) is 103 cm³/mol. The lowest BCUT2D eigenvalue weighted by atomic mass is 10.2. The Morgan fingerprint density at radius 2 is 1.78 bits per heavy atom. The molecule has 7 nitrogen and oxygen atoms in total. The largest absolute Gasteiger partial charge is 0.348 e. The maximum absolute atomic E-state index is 12.4. The fourth-order valence-electron chi connectivity index (χ4n) is 2.37. The number of benzene rings is 2. The average molecular weight is 405 g/mol. The number of carbonyl (C=O) groups excluding carboxylic acids is 1. The number of nitrogens with zero attached hydrogens (tertiary/aromatic N) is 2. The third-order valence-electron chi connectivity index (χ3n) is 3.73. The van der Waals surface area contributed by atoms with Crippen molar-refractivity contribution in [3.8, 4) is 0 Å². The van der Waals surface area contributed by atoms with Crippen LogP contribution in [0.1, 0.15) is 15.9 Å². The fraction of sp³-hybridized carbons (Fsp3) is 0.111. The Hall–Kier alpha value is -2.84. The molecule has 27 heavy (non-hydrogen) atoms. The maximum atomic E-state index is 12.4. The molecule has 1 aromatic heterocycles. The molecule has 2 aromatic carbocycles. The quantitative estimate of drug-likeness (QED) is 0.660. The smallest absolute Gasteiger partial charge is 0.261 e. The Balaban J connectivity index is 1.66. The summed E-state index contributed by atoms with van der Waals surface area (Å²) in [6.07, 6.45) is 3.47. The van der Waals surface area contributed by atoms with E-state index in [0.29, 0.717) is 22.8 Å². The lowest BCUT2D eigenvalue weighted by Gasteiger charge is -2.09. The van der Waals surface area contributed by atoms with Gasteiger partial charge in [0.05, 0.1) is 11.1 Å². The van der Waals surface area contributed by atoms with Crippen molar-refractivity contribution in [1.29, 1.82) is 0 Å². The number of hydrogen-bond acceptors (Lipinski definition) is 4. The molecule has 0 aliphatic carbocycles. The number of rotatable bonds is 6. The number of carbonyl (C=O) groups is 1. The molecule has 0 spiro atoms. The van der Waals surface area contributed by atoms with Gasteiger partial charge >= 0.3 is 0 Å². The number of amides is 1. The summed E-state index contributed by atoms with van der Waals surface area (Å²) < 4.78 is 29.0. The normalized spacial score (nSPS) is 11.2. The Morgan fingerprint density at radius 1 is 1.11 bits per heavy atom. The van der Waals surface area contributed by atoms with Gasteiger partial charge in [-0.1, -0.05) is 11.6 Å². The summed E-state index contributed by atoms with van der Waals surface area (Å²) in [5, 5.41) is 7.31. The lowest BCUT2D eigenvalue weighted by Crippen LogP contribution is -2.22. The van der Waals surface area contributed by atoms with Gasteiger partial charge < -0.3 is 5.32 Å². The fourth-order valence-corrected chi connectivity index (χ4v) is 3.55. The van der Waals surface area contributed by atoms with Gasteiger partial charge in [-0.25, -0.2) is 8.42 Å². The van der Waals surface area contributed by atoms with E-state index < -0.39 is 10.0 Å². The van der Waals surface area contributed by atoms with Crippen molar-refractivity contribution in [2.24, 2.45) is 7.05 Å². The van der Waals surface area contributed by atoms with E-state index in [9.17, 15) is 13.2 Å². The van der Waals surface area contributed by atoms with Crippen LogP contribution in [0.5, 0.6) is 0 Å². The molecule has 9 heteroatoms. The molecule has 0 fully saturated rings. The predicted octanol–water partition coefficient (Wildman–Crippen LogP) is 2.80. The van der Waals surface area contributed by atoms with E-state index in [1.54, 1.807) is 48.4 Å². The number of nitrogens with one attached hydrogen (secondary N) is 2. The number of aromatic nitrogens is 2. The van der Waals surface area contributed by atoms with E-state index in [1.165, 1.54) is 24.3 Å². The van der Waals surface area contributed by atoms with Gasteiger partial charge in [0.2, 0.25) is 0 Å². The van der Waals surface area contributed by atoms with Gasteiger partial charge in [0, 0.05) is 41.6 Å². The monoisotopic (exact) mass is 404 g/mol. The Kier molecular flexibility index (Phi) is 5.48. The number of aryl methyl sites for hydroxylation is 1. The third-order valence-corrected chi connectivity index (χ3v) is 5.38. The molecule has 2 N–H and O–H groups in total. The summed E-state index contributed by atoms with van der Waals surface area (Å²) in [6, 6.07) is 12.0. The average Bonchev–Trinajstić information content (AvgIpc) is 3.07. The zero-order valence-electron chi connectivity index (χ0n) is 14.4. The lowest BCUT2D eigenvalue weighted by molar-refractivity contribution is 0.0951. The van der Waals surface area contributed by atoms with Crippen LogP contribution in [0.2, 0.25) is 5.02 Å². The standard InChI is InChI=1S/C18H17ClN4O3S/c1-23-12-13(11-21-23)10-20-18(24)14-2-8-17(9-3-14)27(25,26)22-16-6-4-15(19)5-7-16/h2-9,11-12,22H,10H2,1H3,(H,20,24). The first-order chi connectivity index (χ1) is 12.8. The minimum absolute atomic E-state index is 0.0567. The van der Waals surface area contributed by atoms with Gasteiger partial charge in [-0.05, 0) is 48.5 Å². The van der Waals surface area contributed by atoms with Crippen LogP contribution in [-0.4, -0.2) is 24.1 Å². The molecule has 3 aromatic rings. The van der Waals surface area contributed by atoms with Gasteiger partial charge in [-0.3, -0.25) is 14.2 Å². The van der Waals surface area contributed by atoms with Crippen LogP contribution >= 0.6 is 11.6 Å². The van der Waals surface area contributed by atoms with Crippen molar-refractivity contribution in [2.45, 2.75) is 11.4 Å². The second-order valence-electron chi connectivity index (χ2n) is 5.84. The van der Waals surface area contributed by atoms with Crippen LogP contribution in [0.15, 0.2) is 65.8 Å². The molecule has 3 rings (SSSR count). The zero-order chi connectivity index (χ0) is 19.4. The molecular weight excluding hydrogens is 388 g/mol. The van der Waals surface area contributed by atoms with Crippen LogP contribution in [0.3, 0.4) is 0 Å². The molecule has 0 aliphatic rings. The van der Waals surface area contributed by atoms with Crippen molar-refractivity contribution in [3.05, 3.63) is 77.1 Å². The highest BCUT2D eigenvalue weighted by atomic mass is 35.5. The van der Waals surface area contributed by atoms with E-state index in [0.717, 1.165) is 5.56 Å². The van der Waals surface area contributed by atoms with Gasteiger partial charge in [-0.15, -0.1) is 0 Å². The van der Waals surface area contributed by atoms with Gasteiger partial charge in [0.15, 0.2) is 0 Å². The van der Waals surface area contributed by atoms with Crippen molar-refractivity contribution in [1.82, 2.24) is 15.1 Å². The molecular formula is C18H17ClN4O3S. The Morgan fingerprint density at radius 3 is 2.37 bits per heavy atom. The van der Waals surface area contributed by atoms with E-state index in [-0.39, 0.29) is 10.8 Å². The molecule has 0 aliphatic heterocycles. The minimum atomic E-state index is -3.76. The number of halogens is 1. The molecule has 0 radical (unpaired) electrons. The first-order valence-electron chi connectivity index (χ1n) is 7.98. The molecule has 1 heterocycles. The van der Waals surface area contributed by atoms with Crippen LogP contribution in [0, 0.1) is 0 Å². The summed E-state index contributed by atoms with van der Waals surface area (Å²) in [4.78, 5) is 12.2. The van der Waals surface area contributed by atoms with Gasteiger partial charge in [0.25, 0.3) is 15.9 Å². The number of hydrogen-bond donors (Lipinski definition) is 2. The minimum Gasteiger partial charge on any atom is -0.348 e. The van der Waals surface area contributed by atoms with E-state index in [1.807, 2.05) is 0 Å². The maximum Gasteiger partial charge on any atom is 0.261 e. The molecule has 0 saturated carbocycles. The zero-order valence-corrected chi connectivity index (χ0v) is 16.0. The van der Waals surface area contributed by atoms with E-state index >= 15 is 0 Å². The molecule has 140 valence electrons. The number of sulfonamides is 1. The summed E-state index contributed by atoms with van der Waals surface area (Å²) in [7, 11) is -1.96. The third kappa shape index (κ3) is 4.87. The molecule has 0 bridgehead atoms. The molecule has 0 unspecified atom stereocenters. The second kappa shape index (κ2) is 7.81. The van der Waals surface area contributed by atoms with Crippen molar-refractivity contribution < 1.29 is 13.2 Å². The summed E-state index contributed by atoms with van der Waals surface area (Å²) in [5.41, 5.74) is 1.64. The first-order valence-corrected chi connectivity index (χ1v) is 9.84. The number of anilines is 1. The SMILES string of the molecule is Cn1cc(CNC(=O)c2ccc(S(=O)(=O)Nc3ccc(Cl)cc3)cc2)cn1. The Labute approximate surface area is 162 Å². The van der Waals surface area contributed by atoms with Crippen molar-refractivity contribution >= 4 is 33.2 Å². The van der Waals surface area contributed by atoms with Gasteiger partial charge in [0.1, 0.15) is 0 Å². The van der Waals surface area contributed by atoms with E-state index in [2.05, 4.69) is 15.1 Å². The first kappa shape index (κ1) is 18.9. The van der Waals surface area contributed by atoms with Crippen LogP contribution in [0.4, 0.5) is 5.69 Å².